The molecule has 0 spiro atoms. The molecule has 0 aliphatic heterocycles. The normalized spacial score (nSPS) is 23.9. The van der Waals surface area contributed by atoms with E-state index in [1.807, 2.05) is 60.7 Å². The Morgan fingerprint density at radius 2 is 1.50 bits per heavy atom. The maximum Gasteiger partial charge on any atom is 0.109 e. The molecule has 0 aromatic heterocycles. The molecule has 1 aliphatic rings. The molecule has 0 radical (unpaired) electrons. The van der Waals surface area contributed by atoms with Crippen molar-refractivity contribution < 1.29 is 5.11 Å². The first kappa shape index (κ1) is 13.1. The number of hydrogen-bond donors (Lipinski definition) is 1. The molecule has 1 atom stereocenters. The molecule has 0 fully saturated rings. The second-order valence-electron chi connectivity index (χ2n) is 6.27. The number of aliphatic hydroxyl groups is 1. The molecule has 102 valence electrons. The van der Waals surface area contributed by atoms with E-state index < -0.39 is 5.60 Å². The van der Waals surface area contributed by atoms with Crippen molar-refractivity contribution in [1.29, 1.82) is 0 Å². The molecule has 1 heteroatoms. The summed E-state index contributed by atoms with van der Waals surface area (Å²) in [5, 5.41) is 11.1. The summed E-state index contributed by atoms with van der Waals surface area (Å²) in [6, 6.07) is 18.3. The van der Waals surface area contributed by atoms with Gasteiger partial charge >= 0.3 is 0 Å². The van der Waals surface area contributed by atoms with Gasteiger partial charge in [0.1, 0.15) is 5.60 Å². The number of hydrogen-bond acceptors (Lipinski definition) is 1. The lowest BCUT2D eigenvalue weighted by Gasteiger charge is -2.23. The molecule has 0 amide bonds. The Hall–Kier alpha value is -1.86. The van der Waals surface area contributed by atoms with Gasteiger partial charge in [0.25, 0.3) is 0 Å². The fourth-order valence-electron chi connectivity index (χ4n) is 3.26. The van der Waals surface area contributed by atoms with Gasteiger partial charge in [0.2, 0.25) is 0 Å². The first-order valence-electron chi connectivity index (χ1n) is 7.08. The van der Waals surface area contributed by atoms with Crippen molar-refractivity contribution in [3.8, 4) is 0 Å². The molecule has 3 rings (SSSR count). The Labute approximate surface area is 120 Å². The molecule has 1 N–H and O–H groups in total. The Morgan fingerprint density at radius 3 is 2.20 bits per heavy atom. The van der Waals surface area contributed by atoms with Crippen LogP contribution in [-0.4, -0.2) is 5.11 Å². The molecule has 0 unspecified atom stereocenters. The molecule has 1 nitrogen and oxygen atoms in total. The smallest absolute Gasteiger partial charge is 0.109 e. The lowest BCUT2D eigenvalue weighted by molar-refractivity contribution is 0.0774. The van der Waals surface area contributed by atoms with Gasteiger partial charge in [-0.1, -0.05) is 74.5 Å². The van der Waals surface area contributed by atoms with E-state index in [4.69, 9.17) is 0 Å². The number of fused-ring (bicyclic) bond motifs is 1. The Morgan fingerprint density at radius 1 is 0.900 bits per heavy atom. The van der Waals surface area contributed by atoms with E-state index in [0.717, 1.165) is 17.5 Å². The van der Waals surface area contributed by atoms with E-state index in [0.29, 0.717) is 0 Å². The summed E-state index contributed by atoms with van der Waals surface area (Å²) in [5.41, 5.74) is 2.54. The molecule has 1 aliphatic carbocycles. The largest absolute Gasteiger partial charge is 0.381 e. The van der Waals surface area contributed by atoms with E-state index in [1.54, 1.807) is 0 Å². The monoisotopic (exact) mass is 264 g/mol. The number of benzene rings is 2. The van der Waals surface area contributed by atoms with Crippen LogP contribution in [-0.2, 0) is 11.0 Å². The van der Waals surface area contributed by atoms with Crippen LogP contribution in [0, 0.1) is 0 Å². The van der Waals surface area contributed by atoms with Gasteiger partial charge in [0.15, 0.2) is 0 Å². The second-order valence-corrected chi connectivity index (χ2v) is 6.27. The van der Waals surface area contributed by atoms with Crippen molar-refractivity contribution in [2.24, 2.45) is 0 Å². The van der Waals surface area contributed by atoms with Crippen molar-refractivity contribution in [3.05, 3.63) is 77.4 Å². The van der Waals surface area contributed by atoms with Gasteiger partial charge in [0, 0.05) is 0 Å². The van der Waals surface area contributed by atoms with Gasteiger partial charge in [-0.15, -0.1) is 0 Å². The predicted octanol–water partition coefficient (Wildman–Crippen LogP) is 4.27. The average molecular weight is 264 g/mol. The molecule has 0 heterocycles. The molecular formula is C19H20O. The van der Waals surface area contributed by atoms with Crippen molar-refractivity contribution >= 4 is 6.08 Å². The van der Waals surface area contributed by atoms with Crippen molar-refractivity contribution in [2.45, 2.75) is 31.3 Å². The Bertz CT molecular complexity index is 640. The zero-order chi connectivity index (χ0) is 14.2. The highest BCUT2D eigenvalue weighted by Crippen LogP contribution is 2.48. The van der Waals surface area contributed by atoms with Gasteiger partial charge in [-0.3, -0.25) is 0 Å². The quantitative estimate of drug-likeness (QED) is 0.859. The highest BCUT2D eigenvalue weighted by Gasteiger charge is 2.44. The molecule has 0 saturated carbocycles. The van der Waals surface area contributed by atoms with Crippen LogP contribution in [0.4, 0.5) is 0 Å². The highest BCUT2D eigenvalue weighted by molar-refractivity contribution is 5.55. The van der Waals surface area contributed by atoms with Crippen LogP contribution in [0.3, 0.4) is 0 Å². The summed E-state index contributed by atoms with van der Waals surface area (Å²) in [6.07, 6.45) is 4.68. The molecule has 0 bridgehead atoms. The van der Waals surface area contributed by atoms with Crippen LogP contribution in [0.15, 0.2) is 60.7 Å². The van der Waals surface area contributed by atoms with Gasteiger partial charge < -0.3 is 5.11 Å². The summed E-state index contributed by atoms with van der Waals surface area (Å²) >= 11 is 0. The van der Waals surface area contributed by atoms with Crippen LogP contribution in [0.1, 0.15) is 37.0 Å². The summed E-state index contributed by atoms with van der Waals surface area (Å²) < 4.78 is 0. The lowest BCUT2D eigenvalue weighted by Crippen LogP contribution is -2.22. The molecule has 20 heavy (non-hydrogen) atoms. The van der Waals surface area contributed by atoms with Crippen LogP contribution < -0.4 is 0 Å². The van der Waals surface area contributed by atoms with Crippen LogP contribution in [0.2, 0.25) is 0 Å². The van der Waals surface area contributed by atoms with Crippen LogP contribution in [0.5, 0.6) is 0 Å². The zero-order valence-electron chi connectivity index (χ0n) is 12.0. The molecule has 2 aromatic carbocycles. The minimum Gasteiger partial charge on any atom is -0.381 e. The van der Waals surface area contributed by atoms with Crippen molar-refractivity contribution in [2.75, 3.05) is 0 Å². The van der Waals surface area contributed by atoms with Crippen LogP contribution in [0.25, 0.3) is 6.08 Å². The number of rotatable bonds is 2. The standard InChI is InChI=1S/C19H20O/c1-18(2)14-19(20,17-11-7-6-10-16(17)18)13-12-15-8-4-3-5-9-15/h3-13,20H,14H2,1-2H3/b13-12+/t19-/m0/s1. The van der Waals surface area contributed by atoms with Gasteiger partial charge in [-0.25, -0.2) is 0 Å². The van der Waals surface area contributed by atoms with E-state index in [2.05, 4.69) is 19.9 Å². The van der Waals surface area contributed by atoms with Gasteiger partial charge in [0.05, 0.1) is 0 Å². The lowest BCUT2D eigenvalue weighted by atomic mass is 9.85. The Balaban J connectivity index is 2.00. The fraction of sp³-hybridized carbons (Fsp3) is 0.263. The third-order valence-electron chi connectivity index (χ3n) is 4.19. The summed E-state index contributed by atoms with van der Waals surface area (Å²) in [7, 11) is 0. The fourth-order valence-corrected chi connectivity index (χ4v) is 3.26. The maximum absolute atomic E-state index is 11.1. The van der Waals surface area contributed by atoms with E-state index in [-0.39, 0.29) is 5.41 Å². The van der Waals surface area contributed by atoms with Gasteiger partial charge in [-0.05, 0) is 34.6 Å². The van der Waals surface area contributed by atoms with E-state index >= 15 is 0 Å². The second kappa shape index (κ2) is 4.60. The average Bonchev–Trinajstić information content (AvgIpc) is 2.66. The topological polar surface area (TPSA) is 20.2 Å². The minimum absolute atomic E-state index is 0.00632. The van der Waals surface area contributed by atoms with Crippen LogP contribution >= 0.6 is 0 Å². The first-order chi connectivity index (χ1) is 9.51. The molecule has 0 saturated heterocycles. The third-order valence-corrected chi connectivity index (χ3v) is 4.19. The van der Waals surface area contributed by atoms with Crippen molar-refractivity contribution in [1.82, 2.24) is 0 Å². The van der Waals surface area contributed by atoms with E-state index in [1.165, 1.54) is 5.56 Å². The van der Waals surface area contributed by atoms with Crippen molar-refractivity contribution in [3.63, 3.8) is 0 Å². The third kappa shape index (κ3) is 2.19. The predicted molar refractivity (Wildman–Crippen MR) is 83.5 cm³/mol. The highest BCUT2D eigenvalue weighted by atomic mass is 16.3. The summed E-state index contributed by atoms with van der Waals surface area (Å²) in [4.78, 5) is 0. The summed E-state index contributed by atoms with van der Waals surface area (Å²) in [5.74, 6) is 0. The van der Waals surface area contributed by atoms with Gasteiger partial charge in [-0.2, -0.15) is 0 Å². The SMILES string of the molecule is CC1(C)C[C@@](O)(/C=C/c2ccccc2)c2ccccc21. The van der Waals surface area contributed by atoms with E-state index in [9.17, 15) is 5.11 Å². The minimum atomic E-state index is -0.865. The summed E-state index contributed by atoms with van der Waals surface area (Å²) in [6.45, 7) is 4.39. The molecular weight excluding hydrogens is 244 g/mol. The Kier molecular flexibility index (Phi) is 3.02. The molecule has 2 aromatic rings. The zero-order valence-corrected chi connectivity index (χ0v) is 12.0. The maximum atomic E-state index is 11.1. The first-order valence-corrected chi connectivity index (χ1v) is 7.08.